The van der Waals surface area contributed by atoms with Gasteiger partial charge in [-0.1, -0.05) is 69.6 Å². The van der Waals surface area contributed by atoms with E-state index in [4.69, 9.17) is 69.6 Å². The van der Waals surface area contributed by atoms with Crippen molar-refractivity contribution in [2.75, 3.05) is 21.3 Å². The zero-order valence-corrected chi connectivity index (χ0v) is 37.3. The van der Waals surface area contributed by atoms with Crippen molar-refractivity contribution in [3.8, 4) is 0 Å². The molecule has 0 saturated carbocycles. The molecular formula is C42H32Cl6N8O6. The summed E-state index contributed by atoms with van der Waals surface area (Å²) in [7, 11) is 0. The molecule has 5 aromatic carbocycles. The highest BCUT2D eigenvalue weighted by Gasteiger charge is 2.26. The number of hydrogen-bond donors (Lipinski definition) is 4. The Morgan fingerprint density at radius 1 is 0.452 bits per heavy atom. The number of amides is 4. The van der Waals surface area contributed by atoms with Crippen molar-refractivity contribution < 1.29 is 28.8 Å². The maximum absolute atomic E-state index is 13.4. The maximum atomic E-state index is 13.4. The topological polar surface area (TPSA) is 200 Å². The van der Waals surface area contributed by atoms with Crippen LogP contribution < -0.4 is 21.3 Å². The number of nitrogens with one attached hydrogen (secondary N) is 4. The minimum Gasteiger partial charge on any atom is -0.324 e. The average molecular weight is 957 g/mol. The van der Waals surface area contributed by atoms with Gasteiger partial charge in [-0.05, 0) is 124 Å². The third-order valence-corrected chi connectivity index (χ3v) is 10.1. The van der Waals surface area contributed by atoms with E-state index in [1.165, 1.54) is 60.7 Å². The molecule has 0 radical (unpaired) electrons. The van der Waals surface area contributed by atoms with Crippen molar-refractivity contribution in [1.82, 2.24) is 0 Å². The first-order valence-electron chi connectivity index (χ1n) is 18.0. The number of ketones is 2. The summed E-state index contributed by atoms with van der Waals surface area (Å²) in [4.78, 5) is 77.9. The number of hydrogen-bond acceptors (Lipinski definition) is 10. The largest absolute Gasteiger partial charge is 0.324 e. The van der Waals surface area contributed by atoms with Gasteiger partial charge < -0.3 is 21.3 Å². The molecule has 0 spiro atoms. The molecule has 2 unspecified atom stereocenters. The predicted octanol–water partition coefficient (Wildman–Crippen LogP) is 12.1. The van der Waals surface area contributed by atoms with Crippen LogP contribution in [-0.2, 0) is 19.2 Å². The van der Waals surface area contributed by atoms with Crippen LogP contribution in [0.4, 0.5) is 34.1 Å². The predicted molar refractivity (Wildman–Crippen MR) is 243 cm³/mol. The van der Waals surface area contributed by atoms with E-state index in [1.807, 2.05) is 0 Å². The zero-order valence-electron chi connectivity index (χ0n) is 32.7. The molecule has 0 aliphatic carbocycles. The Morgan fingerprint density at radius 2 is 0.823 bits per heavy atom. The lowest BCUT2D eigenvalue weighted by atomic mass is 10.1. The fourth-order valence-electron chi connectivity index (χ4n) is 5.47. The Hall–Kier alpha value is -5.74. The number of aryl methyl sites for hydroxylation is 2. The fourth-order valence-corrected chi connectivity index (χ4v) is 6.84. The van der Waals surface area contributed by atoms with Gasteiger partial charge in [0.1, 0.15) is 0 Å². The molecular weight excluding hydrogens is 925 g/mol. The minimum atomic E-state index is -1.59. The second-order valence-electron chi connectivity index (χ2n) is 13.5. The smallest absolute Gasteiger partial charge is 0.258 e. The van der Waals surface area contributed by atoms with Gasteiger partial charge in [-0.15, -0.1) is 0 Å². The minimum absolute atomic E-state index is 0.0835. The quantitative estimate of drug-likeness (QED) is 0.0630. The van der Waals surface area contributed by atoms with Crippen LogP contribution >= 0.6 is 69.6 Å². The van der Waals surface area contributed by atoms with Crippen molar-refractivity contribution in [2.45, 2.75) is 39.8 Å². The number of halogens is 6. The molecule has 0 saturated heterocycles. The lowest BCUT2D eigenvalue weighted by Gasteiger charge is -2.16. The van der Waals surface area contributed by atoms with E-state index in [-0.39, 0.29) is 54.0 Å². The van der Waals surface area contributed by atoms with Crippen LogP contribution in [0.1, 0.15) is 45.7 Å². The summed E-state index contributed by atoms with van der Waals surface area (Å²) in [5.41, 5.74) is 2.47. The summed E-state index contributed by atoms with van der Waals surface area (Å²) < 4.78 is 0. The Kier molecular flexibility index (Phi) is 15.9. The number of anilines is 4. The van der Waals surface area contributed by atoms with Crippen LogP contribution in [0.3, 0.4) is 0 Å². The lowest BCUT2D eigenvalue weighted by molar-refractivity contribution is -0.127. The van der Waals surface area contributed by atoms with Gasteiger partial charge in [-0.3, -0.25) is 28.8 Å². The number of azo groups is 2. The molecule has 0 heterocycles. The normalized spacial score (nSPS) is 12.2. The van der Waals surface area contributed by atoms with Gasteiger partial charge in [0.05, 0.1) is 32.8 Å². The van der Waals surface area contributed by atoms with Crippen LogP contribution in [0.5, 0.6) is 0 Å². The molecule has 62 heavy (non-hydrogen) atoms. The molecule has 4 amide bonds. The number of carbonyl (C=O) groups is 6. The summed E-state index contributed by atoms with van der Waals surface area (Å²) in [6.45, 7) is 5.61. The maximum Gasteiger partial charge on any atom is 0.258 e. The van der Waals surface area contributed by atoms with Crippen LogP contribution in [0.2, 0.25) is 30.1 Å². The third-order valence-electron chi connectivity index (χ3n) is 8.58. The van der Waals surface area contributed by atoms with Gasteiger partial charge in [0.2, 0.25) is 12.1 Å². The standard InChI is InChI=1S/C42H32Cl6N8O6/c1-19-9-36(52-42(62)38(22(4)58)56-54-30-14-24(12-28(46)16-30)40(60)50-34-8-6-26(44)18-32(34)48)20(2)10-35(19)51-41(61)37(21(3)57)55-53-29-13-23(11-27(45)15-29)39(59)49-33-7-5-25(43)17-31(33)47/h5-18,37-38H,1-4H3,(H,49,59)(H,50,60)(H,51,61)(H,52,62). The molecule has 0 aromatic heterocycles. The third kappa shape index (κ3) is 12.7. The van der Waals surface area contributed by atoms with Crippen LogP contribution in [0.25, 0.3) is 0 Å². The number of nitrogens with zero attached hydrogens (tertiary/aromatic N) is 4. The van der Waals surface area contributed by atoms with E-state index in [0.29, 0.717) is 32.5 Å². The Balaban J connectivity index is 1.26. The summed E-state index contributed by atoms with van der Waals surface area (Å²) in [5.74, 6) is -4.04. The molecule has 0 bridgehead atoms. The molecule has 0 fully saturated rings. The number of carbonyl (C=O) groups excluding carboxylic acids is 6. The summed E-state index contributed by atoms with van der Waals surface area (Å²) in [6, 6.07) is 17.3. The van der Waals surface area contributed by atoms with Gasteiger partial charge >= 0.3 is 0 Å². The van der Waals surface area contributed by atoms with Crippen molar-refractivity contribution in [3.05, 3.63) is 137 Å². The molecule has 318 valence electrons. The highest BCUT2D eigenvalue weighted by Crippen LogP contribution is 2.30. The summed E-state index contributed by atoms with van der Waals surface area (Å²) >= 11 is 36.7. The number of rotatable bonds is 14. The van der Waals surface area contributed by atoms with Crippen LogP contribution in [0, 0.1) is 13.8 Å². The van der Waals surface area contributed by atoms with E-state index < -0.39 is 47.3 Å². The van der Waals surface area contributed by atoms with Gasteiger partial charge in [0, 0.05) is 42.6 Å². The average Bonchev–Trinajstić information content (AvgIpc) is 3.18. The van der Waals surface area contributed by atoms with E-state index in [0.717, 1.165) is 13.8 Å². The van der Waals surface area contributed by atoms with Gasteiger partial charge in [-0.2, -0.15) is 20.5 Å². The molecule has 5 rings (SSSR count). The second-order valence-corrected chi connectivity index (χ2v) is 16.0. The first-order chi connectivity index (χ1) is 29.3. The molecule has 2 atom stereocenters. The van der Waals surface area contributed by atoms with Crippen molar-refractivity contribution >= 4 is 139 Å². The van der Waals surface area contributed by atoms with E-state index in [1.54, 1.807) is 38.1 Å². The Labute approximate surface area is 384 Å². The van der Waals surface area contributed by atoms with Crippen molar-refractivity contribution in [1.29, 1.82) is 0 Å². The highest BCUT2D eigenvalue weighted by molar-refractivity contribution is 6.38. The van der Waals surface area contributed by atoms with Crippen molar-refractivity contribution in [3.63, 3.8) is 0 Å². The van der Waals surface area contributed by atoms with Crippen LogP contribution in [-0.4, -0.2) is 47.3 Å². The number of Topliss-reactive ketones (excluding diaryl/α,β-unsaturated/α-hetero) is 2. The summed E-state index contributed by atoms with van der Waals surface area (Å²) in [6.07, 6.45) is 0. The SMILES string of the molecule is CC(=O)C(N=Nc1cc(Cl)cc(C(=O)Nc2ccc(Cl)cc2Cl)c1)C(=O)Nc1cc(C)c(NC(=O)C(N=Nc2cc(Cl)cc(C(=O)Nc3ccc(Cl)cc3Cl)c2)C(C)=O)cc1C. The highest BCUT2D eigenvalue weighted by atomic mass is 35.5. The second kappa shape index (κ2) is 20.9. The molecule has 5 aromatic rings. The molecule has 4 N–H and O–H groups in total. The van der Waals surface area contributed by atoms with Crippen LogP contribution in [0.15, 0.2) is 105 Å². The molecule has 0 aliphatic rings. The molecule has 0 aliphatic heterocycles. The molecule has 14 nitrogen and oxygen atoms in total. The lowest BCUT2D eigenvalue weighted by Crippen LogP contribution is -2.32. The van der Waals surface area contributed by atoms with E-state index in [9.17, 15) is 28.8 Å². The van der Waals surface area contributed by atoms with E-state index in [2.05, 4.69) is 41.7 Å². The van der Waals surface area contributed by atoms with Gasteiger partial charge in [0.15, 0.2) is 11.6 Å². The number of benzene rings is 5. The van der Waals surface area contributed by atoms with Gasteiger partial charge in [-0.25, -0.2) is 0 Å². The van der Waals surface area contributed by atoms with E-state index >= 15 is 0 Å². The zero-order chi connectivity index (χ0) is 45.4. The first-order valence-corrected chi connectivity index (χ1v) is 20.2. The molecule has 20 heteroatoms. The fraction of sp³-hybridized carbons (Fsp3) is 0.143. The monoisotopic (exact) mass is 954 g/mol. The first kappa shape index (κ1) is 47.3. The Morgan fingerprint density at radius 3 is 1.16 bits per heavy atom. The Bertz CT molecular complexity index is 2530. The van der Waals surface area contributed by atoms with Gasteiger partial charge in [0.25, 0.3) is 23.6 Å². The van der Waals surface area contributed by atoms with Crippen molar-refractivity contribution in [2.24, 2.45) is 20.5 Å². The summed E-state index contributed by atoms with van der Waals surface area (Å²) in [5, 5.41) is 28.1.